The van der Waals surface area contributed by atoms with Gasteiger partial charge in [0.15, 0.2) is 5.92 Å². The van der Waals surface area contributed by atoms with Crippen molar-refractivity contribution in [2.45, 2.75) is 13.1 Å². The van der Waals surface area contributed by atoms with Crippen molar-refractivity contribution in [2.75, 3.05) is 13.2 Å². The van der Waals surface area contributed by atoms with Gasteiger partial charge in [-0.2, -0.15) is 18.4 Å². The average Bonchev–Trinajstić information content (AvgIpc) is 2.29. The Bertz CT molecular complexity index is 426. The van der Waals surface area contributed by atoms with Crippen LogP contribution < -0.4 is 9.47 Å². The molecular weight excluding hydrogens is 247 g/mol. The molecule has 0 radical (unpaired) electrons. The highest BCUT2D eigenvalue weighted by Gasteiger charge is 2.40. The van der Waals surface area contributed by atoms with E-state index in [1.54, 1.807) is 19.1 Å². The minimum absolute atomic E-state index is 0.241. The zero-order chi connectivity index (χ0) is 13.6. The van der Waals surface area contributed by atoms with E-state index in [2.05, 4.69) is 0 Å². The van der Waals surface area contributed by atoms with Gasteiger partial charge in [0.2, 0.25) is 0 Å². The monoisotopic (exact) mass is 259 g/mol. The molecule has 98 valence electrons. The number of nitriles is 1. The molecule has 0 amide bonds. The summed E-state index contributed by atoms with van der Waals surface area (Å²) in [6.45, 7) is 1.52. The van der Waals surface area contributed by atoms with E-state index in [1.807, 2.05) is 0 Å². The van der Waals surface area contributed by atoms with Gasteiger partial charge in [-0.3, -0.25) is 0 Å². The highest BCUT2D eigenvalue weighted by molar-refractivity contribution is 5.32. The van der Waals surface area contributed by atoms with E-state index >= 15 is 0 Å². The van der Waals surface area contributed by atoms with Crippen molar-refractivity contribution in [1.29, 1.82) is 5.26 Å². The lowest BCUT2D eigenvalue weighted by molar-refractivity contribution is -0.165. The van der Waals surface area contributed by atoms with Crippen molar-refractivity contribution in [2.24, 2.45) is 5.92 Å². The molecule has 0 aliphatic heterocycles. The summed E-state index contributed by atoms with van der Waals surface area (Å²) in [5, 5.41) is 8.40. The van der Waals surface area contributed by atoms with E-state index in [0.717, 1.165) is 0 Å². The van der Waals surface area contributed by atoms with Gasteiger partial charge >= 0.3 is 6.18 Å². The Kier molecular flexibility index (Phi) is 4.84. The Balaban J connectivity index is 2.63. The molecule has 0 heterocycles. The lowest BCUT2D eigenvalue weighted by Gasteiger charge is -2.14. The van der Waals surface area contributed by atoms with E-state index in [4.69, 9.17) is 14.7 Å². The fourth-order valence-electron chi connectivity index (χ4n) is 1.20. The lowest BCUT2D eigenvalue weighted by Crippen LogP contribution is -2.27. The molecule has 1 atom stereocenters. The van der Waals surface area contributed by atoms with Crippen molar-refractivity contribution < 1.29 is 22.6 Å². The minimum atomic E-state index is -4.58. The molecule has 1 aromatic carbocycles. The van der Waals surface area contributed by atoms with Gasteiger partial charge in [0.05, 0.1) is 12.7 Å². The van der Waals surface area contributed by atoms with Crippen molar-refractivity contribution >= 4 is 0 Å². The van der Waals surface area contributed by atoms with Crippen LogP contribution in [-0.4, -0.2) is 19.4 Å². The molecule has 0 saturated heterocycles. The molecule has 0 spiro atoms. The van der Waals surface area contributed by atoms with Gasteiger partial charge in [-0.1, -0.05) is 6.07 Å². The van der Waals surface area contributed by atoms with Crippen LogP contribution in [0.3, 0.4) is 0 Å². The standard InChI is InChI=1S/C12H12F3NO2/c1-2-17-10-4-3-5-11(6-10)18-8-9(7-16)12(13,14)15/h3-6,9H,2,8H2,1H3. The van der Waals surface area contributed by atoms with Gasteiger partial charge in [-0.15, -0.1) is 0 Å². The number of hydrogen-bond donors (Lipinski definition) is 0. The summed E-state index contributed by atoms with van der Waals surface area (Å²) in [7, 11) is 0. The summed E-state index contributed by atoms with van der Waals surface area (Å²) in [5.74, 6) is -1.38. The van der Waals surface area contributed by atoms with E-state index in [1.165, 1.54) is 18.2 Å². The summed E-state index contributed by atoms with van der Waals surface area (Å²) in [6, 6.07) is 7.43. The number of nitrogens with zero attached hydrogens (tertiary/aromatic N) is 1. The van der Waals surface area contributed by atoms with Crippen LogP contribution in [0, 0.1) is 17.2 Å². The maximum Gasteiger partial charge on any atom is 0.407 e. The first-order valence-electron chi connectivity index (χ1n) is 5.29. The molecule has 1 unspecified atom stereocenters. The zero-order valence-corrected chi connectivity index (χ0v) is 9.70. The van der Waals surface area contributed by atoms with E-state index < -0.39 is 18.7 Å². The van der Waals surface area contributed by atoms with Gasteiger partial charge in [-0.05, 0) is 19.1 Å². The first kappa shape index (κ1) is 14.2. The molecule has 6 heteroatoms. The summed E-state index contributed by atoms with van der Waals surface area (Å²) in [5.41, 5.74) is 0. The van der Waals surface area contributed by atoms with E-state index in [9.17, 15) is 13.2 Å². The molecule has 0 N–H and O–H groups in total. The molecule has 18 heavy (non-hydrogen) atoms. The lowest BCUT2D eigenvalue weighted by atomic mass is 10.2. The van der Waals surface area contributed by atoms with Crippen molar-refractivity contribution in [3.05, 3.63) is 24.3 Å². The van der Waals surface area contributed by atoms with E-state index in [-0.39, 0.29) is 5.75 Å². The normalized spacial score (nSPS) is 12.6. The van der Waals surface area contributed by atoms with Crippen LogP contribution in [0.2, 0.25) is 0 Å². The smallest absolute Gasteiger partial charge is 0.407 e. The highest BCUT2D eigenvalue weighted by atomic mass is 19.4. The number of ether oxygens (including phenoxy) is 2. The molecule has 0 bridgehead atoms. The van der Waals surface area contributed by atoms with Gasteiger partial charge in [0.25, 0.3) is 0 Å². The maximum atomic E-state index is 12.3. The summed E-state index contributed by atoms with van der Waals surface area (Å²) < 4.78 is 47.0. The van der Waals surface area contributed by atoms with Crippen molar-refractivity contribution in [3.8, 4) is 17.6 Å². The molecule has 0 saturated carbocycles. The molecule has 1 aromatic rings. The third-order valence-electron chi connectivity index (χ3n) is 2.08. The fourth-order valence-corrected chi connectivity index (χ4v) is 1.20. The predicted octanol–water partition coefficient (Wildman–Crippen LogP) is 3.17. The maximum absolute atomic E-state index is 12.3. The molecular formula is C12H12F3NO2. The topological polar surface area (TPSA) is 42.2 Å². The van der Waals surface area contributed by atoms with Crippen LogP contribution in [0.1, 0.15) is 6.92 Å². The quantitative estimate of drug-likeness (QED) is 0.815. The number of rotatable bonds is 5. The van der Waals surface area contributed by atoms with Crippen molar-refractivity contribution in [3.63, 3.8) is 0 Å². The van der Waals surface area contributed by atoms with Crippen LogP contribution in [0.4, 0.5) is 13.2 Å². The Labute approximate surface area is 103 Å². The van der Waals surface area contributed by atoms with E-state index in [0.29, 0.717) is 12.4 Å². The van der Waals surface area contributed by atoms with Crippen LogP contribution >= 0.6 is 0 Å². The van der Waals surface area contributed by atoms with Crippen LogP contribution in [-0.2, 0) is 0 Å². The molecule has 0 aliphatic carbocycles. The second-order valence-corrected chi connectivity index (χ2v) is 3.44. The number of hydrogen-bond acceptors (Lipinski definition) is 3. The third kappa shape index (κ3) is 4.17. The first-order chi connectivity index (χ1) is 8.47. The van der Waals surface area contributed by atoms with Gasteiger partial charge in [0.1, 0.15) is 18.1 Å². The Hall–Kier alpha value is -1.90. The van der Waals surface area contributed by atoms with Gasteiger partial charge < -0.3 is 9.47 Å². The first-order valence-corrected chi connectivity index (χ1v) is 5.29. The molecule has 0 aromatic heterocycles. The second kappa shape index (κ2) is 6.15. The van der Waals surface area contributed by atoms with Crippen LogP contribution in [0.5, 0.6) is 11.5 Å². The third-order valence-corrected chi connectivity index (χ3v) is 2.08. The number of benzene rings is 1. The molecule has 1 rings (SSSR count). The molecule has 3 nitrogen and oxygen atoms in total. The summed E-state index contributed by atoms with van der Waals surface area (Å²) >= 11 is 0. The Morgan fingerprint density at radius 1 is 1.28 bits per heavy atom. The second-order valence-electron chi connectivity index (χ2n) is 3.44. The average molecular weight is 259 g/mol. The Morgan fingerprint density at radius 3 is 2.39 bits per heavy atom. The minimum Gasteiger partial charge on any atom is -0.494 e. The predicted molar refractivity (Wildman–Crippen MR) is 58.3 cm³/mol. The summed E-state index contributed by atoms with van der Waals surface area (Å²) in [6.07, 6.45) is -4.58. The Morgan fingerprint density at radius 2 is 1.89 bits per heavy atom. The zero-order valence-electron chi connectivity index (χ0n) is 9.70. The van der Waals surface area contributed by atoms with Crippen LogP contribution in [0.25, 0.3) is 0 Å². The van der Waals surface area contributed by atoms with Crippen LogP contribution in [0.15, 0.2) is 24.3 Å². The number of alkyl halides is 3. The van der Waals surface area contributed by atoms with Crippen molar-refractivity contribution in [1.82, 2.24) is 0 Å². The molecule has 0 aliphatic rings. The fraction of sp³-hybridized carbons (Fsp3) is 0.417. The SMILES string of the molecule is CCOc1cccc(OCC(C#N)C(F)(F)F)c1. The van der Waals surface area contributed by atoms with Gasteiger partial charge in [0, 0.05) is 6.07 Å². The summed E-state index contributed by atoms with van der Waals surface area (Å²) in [4.78, 5) is 0. The number of halogens is 3. The highest BCUT2D eigenvalue weighted by Crippen LogP contribution is 2.27. The largest absolute Gasteiger partial charge is 0.494 e. The van der Waals surface area contributed by atoms with Gasteiger partial charge in [-0.25, -0.2) is 0 Å². The molecule has 0 fully saturated rings.